The molecule has 8 heteroatoms. The van der Waals surface area contributed by atoms with Crippen LogP contribution in [-0.2, 0) is 20.3 Å². The summed E-state index contributed by atoms with van der Waals surface area (Å²) in [6.45, 7) is 4.16. The number of hydrogen-bond acceptors (Lipinski definition) is 6. The van der Waals surface area contributed by atoms with Gasteiger partial charge in [0.05, 0.1) is 40.5 Å². The molecule has 1 aliphatic heterocycles. The Bertz CT molecular complexity index is 800. The molecular weight excluding hydrogens is 360 g/mol. The van der Waals surface area contributed by atoms with Crippen LogP contribution in [0.5, 0.6) is 0 Å². The number of hydrogen-bond donors (Lipinski definition) is 0. The Morgan fingerprint density at radius 1 is 1.36 bits per heavy atom. The van der Waals surface area contributed by atoms with Gasteiger partial charge in [0, 0.05) is 18.8 Å². The molecule has 2 fully saturated rings. The van der Waals surface area contributed by atoms with Crippen molar-refractivity contribution in [3.63, 3.8) is 0 Å². The average molecular weight is 379 g/mol. The third-order valence-corrected chi connectivity index (χ3v) is 6.82. The van der Waals surface area contributed by atoms with Gasteiger partial charge in [-0.2, -0.15) is 0 Å². The molecule has 0 radical (unpaired) electrons. The van der Waals surface area contributed by atoms with Crippen molar-refractivity contribution in [2.45, 2.75) is 35.6 Å². The summed E-state index contributed by atoms with van der Waals surface area (Å²) in [6.07, 6.45) is 3.28. The summed E-state index contributed by atoms with van der Waals surface area (Å²) in [5.41, 5.74) is 0.741. The SMILES string of the molecule is CC1COCCN1c1cc(C2(S(=O)c3ccccn3)CC2)nc(Cl)n1. The molecule has 0 amide bonds. The number of nitrogens with zero attached hydrogens (tertiary/aromatic N) is 4. The molecule has 132 valence electrons. The lowest BCUT2D eigenvalue weighted by Gasteiger charge is -2.34. The van der Waals surface area contributed by atoms with Crippen LogP contribution in [0.2, 0.25) is 5.28 Å². The first-order chi connectivity index (χ1) is 12.1. The summed E-state index contributed by atoms with van der Waals surface area (Å²) >= 11 is 6.21. The van der Waals surface area contributed by atoms with E-state index in [9.17, 15) is 4.21 Å². The minimum Gasteiger partial charge on any atom is -0.377 e. The van der Waals surface area contributed by atoms with Gasteiger partial charge in [-0.15, -0.1) is 0 Å². The van der Waals surface area contributed by atoms with Gasteiger partial charge in [-0.25, -0.2) is 15.0 Å². The molecule has 25 heavy (non-hydrogen) atoms. The van der Waals surface area contributed by atoms with Crippen molar-refractivity contribution in [2.75, 3.05) is 24.7 Å². The second kappa shape index (κ2) is 6.63. The van der Waals surface area contributed by atoms with Gasteiger partial charge in [-0.05, 0) is 43.5 Å². The van der Waals surface area contributed by atoms with E-state index in [0.29, 0.717) is 18.2 Å². The maximum absolute atomic E-state index is 13.1. The van der Waals surface area contributed by atoms with E-state index < -0.39 is 15.5 Å². The molecule has 3 heterocycles. The Hall–Kier alpha value is -1.57. The van der Waals surface area contributed by atoms with Crippen molar-refractivity contribution >= 4 is 28.2 Å². The Morgan fingerprint density at radius 2 is 2.20 bits per heavy atom. The second-order valence-corrected chi connectivity index (χ2v) is 8.50. The van der Waals surface area contributed by atoms with E-state index in [-0.39, 0.29) is 11.3 Å². The first kappa shape index (κ1) is 16.9. The van der Waals surface area contributed by atoms with Gasteiger partial charge in [-0.1, -0.05) is 6.07 Å². The topological polar surface area (TPSA) is 68.2 Å². The number of anilines is 1. The van der Waals surface area contributed by atoms with Gasteiger partial charge < -0.3 is 9.64 Å². The number of morpholine rings is 1. The fraction of sp³-hybridized carbons (Fsp3) is 0.471. The molecule has 0 bridgehead atoms. The van der Waals surface area contributed by atoms with E-state index in [4.69, 9.17) is 16.3 Å². The van der Waals surface area contributed by atoms with Crippen molar-refractivity contribution in [1.82, 2.24) is 15.0 Å². The third kappa shape index (κ3) is 3.16. The van der Waals surface area contributed by atoms with Crippen molar-refractivity contribution in [2.24, 2.45) is 0 Å². The zero-order valence-electron chi connectivity index (χ0n) is 13.9. The summed E-state index contributed by atoms with van der Waals surface area (Å²) in [6, 6.07) is 7.61. The number of aromatic nitrogens is 3. The highest BCUT2D eigenvalue weighted by Gasteiger charge is 2.53. The van der Waals surface area contributed by atoms with Crippen LogP contribution in [0.3, 0.4) is 0 Å². The van der Waals surface area contributed by atoms with E-state index in [2.05, 4.69) is 26.8 Å². The predicted octanol–water partition coefficient (Wildman–Crippen LogP) is 2.55. The van der Waals surface area contributed by atoms with Gasteiger partial charge in [0.2, 0.25) is 5.28 Å². The van der Waals surface area contributed by atoms with Crippen molar-refractivity contribution in [3.05, 3.63) is 41.4 Å². The van der Waals surface area contributed by atoms with Gasteiger partial charge in [0.25, 0.3) is 0 Å². The minimum absolute atomic E-state index is 0.190. The smallest absolute Gasteiger partial charge is 0.224 e. The molecular formula is C17H19ClN4O2S. The van der Waals surface area contributed by atoms with Gasteiger partial charge in [0.15, 0.2) is 0 Å². The van der Waals surface area contributed by atoms with Crippen molar-refractivity contribution in [1.29, 1.82) is 0 Å². The molecule has 2 unspecified atom stereocenters. The molecule has 2 aliphatic rings. The lowest BCUT2D eigenvalue weighted by Crippen LogP contribution is -2.44. The summed E-state index contributed by atoms with van der Waals surface area (Å²) in [4.78, 5) is 15.2. The van der Waals surface area contributed by atoms with Crippen LogP contribution in [-0.4, -0.2) is 45.0 Å². The molecule has 1 saturated carbocycles. The lowest BCUT2D eigenvalue weighted by molar-refractivity contribution is 0.0985. The number of halogens is 1. The Morgan fingerprint density at radius 3 is 2.88 bits per heavy atom. The van der Waals surface area contributed by atoms with Crippen LogP contribution in [0.15, 0.2) is 35.5 Å². The molecule has 2 aromatic rings. The molecule has 0 N–H and O–H groups in total. The van der Waals surface area contributed by atoms with Crippen LogP contribution >= 0.6 is 11.6 Å². The van der Waals surface area contributed by atoms with E-state index in [1.54, 1.807) is 12.3 Å². The largest absolute Gasteiger partial charge is 0.377 e. The van der Waals surface area contributed by atoms with E-state index in [1.807, 2.05) is 18.2 Å². The maximum atomic E-state index is 13.1. The monoisotopic (exact) mass is 378 g/mol. The highest BCUT2D eigenvalue weighted by Crippen LogP contribution is 2.52. The zero-order chi connectivity index (χ0) is 17.4. The van der Waals surface area contributed by atoms with Crippen LogP contribution in [0.4, 0.5) is 5.82 Å². The average Bonchev–Trinajstić information content (AvgIpc) is 3.44. The summed E-state index contributed by atoms with van der Waals surface area (Å²) in [5.74, 6) is 0.773. The minimum atomic E-state index is -1.27. The molecule has 6 nitrogen and oxygen atoms in total. The number of pyridine rings is 1. The third-order valence-electron chi connectivity index (χ3n) is 4.70. The first-order valence-corrected chi connectivity index (χ1v) is 9.85. The summed E-state index contributed by atoms with van der Waals surface area (Å²) in [5, 5.41) is 0.770. The predicted molar refractivity (Wildman–Crippen MR) is 96.2 cm³/mol. The standard InChI is InChI=1S/C17H19ClN4O2S/c1-12-11-24-9-8-22(12)14-10-13(20-16(18)21-14)17(5-6-17)25(23)15-4-2-3-7-19-15/h2-4,7,10,12H,5-6,8-9,11H2,1H3. The molecule has 4 rings (SSSR count). The highest BCUT2D eigenvalue weighted by atomic mass is 35.5. The molecule has 1 aliphatic carbocycles. The quantitative estimate of drug-likeness (QED) is 0.761. The maximum Gasteiger partial charge on any atom is 0.224 e. The zero-order valence-corrected chi connectivity index (χ0v) is 15.5. The number of ether oxygens (including phenoxy) is 1. The second-order valence-electron chi connectivity index (χ2n) is 6.43. The van der Waals surface area contributed by atoms with E-state index in [0.717, 1.165) is 30.9 Å². The van der Waals surface area contributed by atoms with Crippen molar-refractivity contribution in [3.8, 4) is 0 Å². The summed E-state index contributed by atoms with van der Waals surface area (Å²) < 4.78 is 18.1. The van der Waals surface area contributed by atoms with Crippen LogP contribution < -0.4 is 4.90 Å². The molecule has 2 atom stereocenters. The highest BCUT2D eigenvalue weighted by molar-refractivity contribution is 7.86. The van der Waals surface area contributed by atoms with Crippen LogP contribution in [0.25, 0.3) is 0 Å². The molecule has 2 aromatic heterocycles. The van der Waals surface area contributed by atoms with Crippen LogP contribution in [0.1, 0.15) is 25.5 Å². The fourth-order valence-corrected chi connectivity index (χ4v) is 4.86. The van der Waals surface area contributed by atoms with Crippen LogP contribution in [0, 0.1) is 0 Å². The van der Waals surface area contributed by atoms with Gasteiger partial charge >= 0.3 is 0 Å². The Labute approximate surface area is 154 Å². The first-order valence-electron chi connectivity index (χ1n) is 8.32. The molecule has 1 saturated heterocycles. The lowest BCUT2D eigenvalue weighted by atomic mass is 10.2. The number of rotatable bonds is 4. The van der Waals surface area contributed by atoms with Gasteiger partial charge in [0.1, 0.15) is 10.8 Å². The molecule has 0 aromatic carbocycles. The Balaban J connectivity index is 1.70. The normalized spacial score (nSPS) is 23.3. The van der Waals surface area contributed by atoms with E-state index >= 15 is 0 Å². The van der Waals surface area contributed by atoms with E-state index in [1.165, 1.54) is 0 Å². The summed E-state index contributed by atoms with van der Waals surface area (Å²) in [7, 11) is -1.27. The molecule has 0 spiro atoms. The van der Waals surface area contributed by atoms with Gasteiger partial charge in [-0.3, -0.25) is 4.21 Å². The fourth-order valence-electron chi connectivity index (χ4n) is 3.16. The Kier molecular flexibility index (Phi) is 4.47. The van der Waals surface area contributed by atoms with Crippen molar-refractivity contribution < 1.29 is 8.95 Å².